The topological polar surface area (TPSA) is 29.5 Å². The predicted octanol–water partition coefficient (Wildman–Crippen LogP) is 2.53. The largest absolute Gasteiger partial charge is 0.508 e. The third-order valence-electron chi connectivity index (χ3n) is 1.92. The molecule has 0 aromatic heterocycles. The summed E-state index contributed by atoms with van der Waals surface area (Å²) in [6.45, 7) is 0. The molecule has 0 saturated heterocycles. The first-order valence-electron chi connectivity index (χ1n) is 4.14. The van der Waals surface area contributed by atoms with Crippen LogP contribution in [-0.4, -0.2) is 5.11 Å². The molecule has 1 unspecified atom stereocenters. The fraction of sp³-hybridized carbons (Fsp3) is 0.0909. The summed E-state index contributed by atoms with van der Waals surface area (Å²) >= 11 is 0. The Morgan fingerprint density at radius 2 is 1.85 bits per heavy atom. The van der Waals surface area contributed by atoms with Crippen molar-refractivity contribution in [2.45, 2.75) is 6.10 Å². The molecule has 0 bridgehead atoms. The Morgan fingerprint density at radius 1 is 1.08 bits per heavy atom. The van der Waals surface area contributed by atoms with Gasteiger partial charge in [0.25, 0.3) is 0 Å². The van der Waals surface area contributed by atoms with Crippen LogP contribution in [0.4, 0.5) is 0 Å². The molecule has 0 spiro atoms. The smallest absolute Gasteiger partial charge is 0.141 e. The lowest BCUT2D eigenvalue weighted by Crippen LogP contribution is -1.98. The molecule has 0 fully saturated rings. The molecule has 1 atom stereocenters. The van der Waals surface area contributed by atoms with E-state index < -0.39 is 0 Å². The van der Waals surface area contributed by atoms with Gasteiger partial charge in [-0.25, -0.2) is 0 Å². The number of phenolic OH excluding ortho intramolecular Hbond substituents is 1. The monoisotopic (exact) mass is 174 g/mol. The van der Waals surface area contributed by atoms with Crippen molar-refractivity contribution in [2.75, 3.05) is 0 Å². The van der Waals surface area contributed by atoms with Crippen LogP contribution in [0.5, 0.6) is 5.75 Å². The fourth-order valence-corrected chi connectivity index (χ4v) is 1.24. The summed E-state index contributed by atoms with van der Waals surface area (Å²) in [5, 5.41) is 9.08. The second-order valence-corrected chi connectivity index (χ2v) is 2.86. The highest BCUT2D eigenvalue weighted by Crippen LogP contribution is 2.23. The van der Waals surface area contributed by atoms with Gasteiger partial charge in [0.15, 0.2) is 0 Å². The minimum Gasteiger partial charge on any atom is -0.508 e. The van der Waals surface area contributed by atoms with Gasteiger partial charge in [0.2, 0.25) is 0 Å². The molecule has 1 aromatic rings. The summed E-state index contributed by atoms with van der Waals surface area (Å²) in [7, 11) is 0. The second-order valence-electron chi connectivity index (χ2n) is 2.86. The van der Waals surface area contributed by atoms with Crippen LogP contribution in [0.3, 0.4) is 0 Å². The van der Waals surface area contributed by atoms with Gasteiger partial charge in [0.05, 0.1) is 6.26 Å². The zero-order valence-corrected chi connectivity index (χ0v) is 7.05. The normalized spacial score (nSPS) is 19.8. The number of phenols is 1. The average molecular weight is 174 g/mol. The molecular formula is C11H10O2. The maximum Gasteiger partial charge on any atom is 0.141 e. The van der Waals surface area contributed by atoms with E-state index in [9.17, 15) is 0 Å². The molecule has 66 valence electrons. The Kier molecular flexibility index (Phi) is 2.04. The molecular weight excluding hydrogens is 164 g/mol. The zero-order chi connectivity index (χ0) is 9.10. The maximum atomic E-state index is 9.08. The van der Waals surface area contributed by atoms with Crippen molar-refractivity contribution in [3.63, 3.8) is 0 Å². The van der Waals surface area contributed by atoms with Crippen LogP contribution in [0.15, 0.2) is 48.8 Å². The molecule has 1 aliphatic heterocycles. The maximum absolute atomic E-state index is 9.08. The van der Waals surface area contributed by atoms with Gasteiger partial charge in [-0.05, 0) is 29.8 Å². The van der Waals surface area contributed by atoms with Crippen molar-refractivity contribution in [3.8, 4) is 5.75 Å². The Bertz CT molecular complexity index is 336. The first-order valence-corrected chi connectivity index (χ1v) is 4.14. The van der Waals surface area contributed by atoms with Gasteiger partial charge in [0, 0.05) is 0 Å². The van der Waals surface area contributed by atoms with E-state index in [1.54, 1.807) is 18.4 Å². The van der Waals surface area contributed by atoms with Crippen molar-refractivity contribution in [3.05, 3.63) is 54.3 Å². The van der Waals surface area contributed by atoms with Gasteiger partial charge >= 0.3 is 0 Å². The third-order valence-corrected chi connectivity index (χ3v) is 1.92. The average Bonchev–Trinajstić information content (AvgIpc) is 2.20. The van der Waals surface area contributed by atoms with Crippen molar-refractivity contribution >= 4 is 0 Å². The van der Waals surface area contributed by atoms with Crippen LogP contribution in [0.25, 0.3) is 0 Å². The Morgan fingerprint density at radius 3 is 2.46 bits per heavy atom. The molecule has 1 N–H and O–H groups in total. The van der Waals surface area contributed by atoms with E-state index >= 15 is 0 Å². The van der Waals surface area contributed by atoms with Crippen molar-refractivity contribution in [1.82, 2.24) is 0 Å². The molecule has 0 radical (unpaired) electrons. The number of hydrogen-bond donors (Lipinski definition) is 1. The lowest BCUT2D eigenvalue weighted by Gasteiger charge is -2.14. The minimum atomic E-state index is -0.0226. The molecule has 0 saturated carbocycles. The standard InChI is InChI=1S/C11H10O2/c12-10-6-4-9(5-7-10)11-3-1-2-8-13-11/h1-8,11-12H. The van der Waals surface area contributed by atoms with E-state index in [0.717, 1.165) is 5.56 Å². The highest BCUT2D eigenvalue weighted by Gasteiger charge is 2.08. The molecule has 13 heavy (non-hydrogen) atoms. The minimum absolute atomic E-state index is 0.0226. The predicted molar refractivity (Wildman–Crippen MR) is 50.2 cm³/mol. The zero-order valence-electron chi connectivity index (χ0n) is 7.05. The third kappa shape index (κ3) is 1.72. The summed E-state index contributed by atoms with van der Waals surface area (Å²) in [6, 6.07) is 7.02. The van der Waals surface area contributed by atoms with E-state index in [0.29, 0.717) is 0 Å². The van der Waals surface area contributed by atoms with Crippen molar-refractivity contribution in [2.24, 2.45) is 0 Å². The summed E-state index contributed by atoms with van der Waals surface area (Å²) in [5.41, 5.74) is 1.04. The number of hydrogen-bond acceptors (Lipinski definition) is 2. The van der Waals surface area contributed by atoms with Crippen LogP contribution in [-0.2, 0) is 4.74 Å². The molecule has 2 heteroatoms. The number of rotatable bonds is 1. The van der Waals surface area contributed by atoms with E-state index in [2.05, 4.69) is 0 Å². The van der Waals surface area contributed by atoms with E-state index in [1.807, 2.05) is 30.4 Å². The lowest BCUT2D eigenvalue weighted by atomic mass is 10.1. The van der Waals surface area contributed by atoms with Gasteiger partial charge in [-0.2, -0.15) is 0 Å². The molecule has 2 rings (SSSR count). The summed E-state index contributed by atoms with van der Waals surface area (Å²) in [6.07, 6.45) is 7.40. The number of benzene rings is 1. The van der Waals surface area contributed by atoms with Crippen LogP contribution in [0.2, 0.25) is 0 Å². The SMILES string of the molecule is Oc1ccc(C2C=CC=CO2)cc1. The van der Waals surface area contributed by atoms with Crippen LogP contribution in [0, 0.1) is 0 Å². The van der Waals surface area contributed by atoms with Gasteiger partial charge in [-0.1, -0.05) is 18.2 Å². The highest BCUT2D eigenvalue weighted by atomic mass is 16.5. The van der Waals surface area contributed by atoms with E-state index in [1.165, 1.54) is 0 Å². The summed E-state index contributed by atoms with van der Waals surface area (Å²) < 4.78 is 5.35. The molecule has 1 aromatic carbocycles. The van der Waals surface area contributed by atoms with Gasteiger partial charge < -0.3 is 9.84 Å². The Balaban J connectivity index is 2.21. The Hall–Kier alpha value is -1.70. The second kappa shape index (κ2) is 3.35. The quantitative estimate of drug-likeness (QED) is 0.708. The first-order chi connectivity index (χ1) is 6.36. The number of allylic oxidation sites excluding steroid dienone is 2. The molecule has 1 heterocycles. The van der Waals surface area contributed by atoms with Crippen molar-refractivity contribution in [1.29, 1.82) is 0 Å². The van der Waals surface area contributed by atoms with Crippen LogP contribution >= 0.6 is 0 Å². The summed E-state index contributed by atoms with van der Waals surface area (Å²) in [4.78, 5) is 0. The molecule has 0 amide bonds. The van der Waals surface area contributed by atoms with Crippen LogP contribution < -0.4 is 0 Å². The van der Waals surface area contributed by atoms with Gasteiger partial charge in [0.1, 0.15) is 11.9 Å². The van der Waals surface area contributed by atoms with Gasteiger partial charge in [-0.3, -0.25) is 0 Å². The van der Waals surface area contributed by atoms with Crippen LogP contribution in [0.1, 0.15) is 11.7 Å². The fourth-order valence-electron chi connectivity index (χ4n) is 1.24. The van der Waals surface area contributed by atoms with Crippen molar-refractivity contribution < 1.29 is 9.84 Å². The number of aromatic hydroxyl groups is 1. The molecule has 1 aliphatic rings. The lowest BCUT2D eigenvalue weighted by molar-refractivity contribution is 0.186. The van der Waals surface area contributed by atoms with Gasteiger partial charge in [-0.15, -0.1) is 0 Å². The summed E-state index contributed by atoms with van der Waals surface area (Å²) in [5.74, 6) is 0.277. The highest BCUT2D eigenvalue weighted by molar-refractivity contribution is 5.30. The van der Waals surface area contributed by atoms with E-state index in [4.69, 9.17) is 9.84 Å². The Labute approximate surface area is 76.8 Å². The number of ether oxygens (including phenoxy) is 1. The van der Waals surface area contributed by atoms with E-state index in [-0.39, 0.29) is 11.9 Å². The first kappa shape index (κ1) is 7.92. The molecule has 0 aliphatic carbocycles. The molecule has 2 nitrogen and oxygen atoms in total.